The first-order valence-corrected chi connectivity index (χ1v) is 7.82. The van der Waals surface area contributed by atoms with E-state index in [9.17, 15) is 19.5 Å². The number of β-lactam (4-membered cyclic amide) rings is 1. The normalized spacial score (nSPS) is 25.3. The van der Waals surface area contributed by atoms with Gasteiger partial charge in [-0.3, -0.25) is 15.1 Å². The molecule has 0 radical (unpaired) electrons. The van der Waals surface area contributed by atoms with Crippen molar-refractivity contribution in [3.8, 4) is 0 Å². The summed E-state index contributed by atoms with van der Waals surface area (Å²) in [6.07, 6.45) is 3.14. The van der Waals surface area contributed by atoms with E-state index < -0.39 is 23.5 Å². The van der Waals surface area contributed by atoms with Crippen LogP contribution in [-0.4, -0.2) is 52.2 Å². The molecule has 3 heterocycles. The number of aliphatic carboxylic acids is 1. The number of carbonyl (C=O) groups is 3. The number of nitrogens with zero attached hydrogens (tertiary/aromatic N) is 2. The van der Waals surface area contributed by atoms with E-state index in [1.54, 1.807) is 18.2 Å². The number of methoxy groups -OCH3 is 1. The summed E-state index contributed by atoms with van der Waals surface area (Å²) in [6, 6.07) is 2.19. The predicted molar refractivity (Wildman–Crippen MR) is 88.7 cm³/mol. The third kappa shape index (κ3) is 2.84. The number of anilines is 1. The minimum atomic E-state index is -0.984. The smallest absolute Gasteiger partial charge is 0.411 e. The van der Waals surface area contributed by atoms with Gasteiger partial charge in [-0.2, -0.15) is 0 Å². The summed E-state index contributed by atoms with van der Waals surface area (Å²) < 4.78 is 4.54. The van der Waals surface area contributed by atoms with Gasteiger partial charge in [0.15, 0.2) is 0 Å². The molecule has 0 aromatic carbocycles. The number of fused-ring (bicyclic) bond motifs is 1. The molecule has 2 atom stereocenters. The van der Waals surface area contributed by atoms with Crippen LogP contribution in [0.3, 0.4) is 0 Å². The fourth-order valence-corrected chi connectivity index (χ4v) is 3.55. The van der Waals surface area contributed by atoms with Gasteiger partial charge < -0.3 is 14.7 Å². The number of amides is 2. The van der Waals surface area contributed by atoms with E-state index in [2.05, 4.69) is 15.0 Å². The first kappa shape index (κ1) is 16.9. The molecule has 3 rings (SSSR count). The van der Waals surface area contributed by atoms with Crippen molar-refractivity contribution in [3.63, 3.8) is 0 Å². The van der Waals surface area contributed by atoms with Crippen LogP contribution >= 0.6 is 0 Å². The Kier molecular flexibility index (Phi) is 3.98. The Hall–Kier alpha value is -2.90. The fourth-order valence-electron chi connectivity index (χ4n) is 3.55. The molecule has 2 amide bonds. The van der Waals surface area contributed by atoms with Crippen molar-refractivity contribution in [2.24, 2.45) is 5.41 Å². The number of carboxylic acids is 1. The van der Waals surface area contributed by atoms with E-state index >= 15 is 0 Å². The summed E-state index contributed by atoms with van der Waals surface area (Å²) in [7, 11) is 1.27. The first-order chi connectivity index (χ1) is 11.7. The molecule has 0 aliphatic carbocycles. The lowest BCUT2D eigenvalue weighted by Gasteiger charge is -2.40. The van der Waals surface area contributed by atoms with Gasteiger partial charge >= 0.3 is 12.1 Å². The number of nitrogens with one attached hydrogen (secondary N) is 1. The van der Waals surface area contributed by atoms with E-state index in [0.717, 1.165) is 0 Å². The van der Waals surface area contributed by atoms with Crippen molar-refractivity contribution in [2.45, 2.75) is 32.4 Å². The van der Waals surface area contributed by atoms with Crippen molar-refractivity contribution in [3.05, 3.63) is 29.6 Å². The Morgan fingerprint density at radius 1 is 1.48 bits per heavy atom. The summed E-state index contributed by atoms with van der Waals surface area (Å²) in [5, 5.41) is 12.0. The zero-order valence-corrected chi connectivity index (χ0v) is 14.1. The van der Waals surface area contributed by atoms with Gasteiger partial charge in [0.1, 0.15) is 6.04 Å². The molecule has 1 aromatic rings. The lowest BCUT2D eigenvalue weighted by Crippen LogP contribution is -2.57. The highest BCUT2D eigenvalue weighted by Gasteiger charge is 2.60. The van der Waals surface area contributed by atoms with Crippen LogP contribution in [0.15, 0.2) is 23.9 Å². The lowest BCUT2D eigenvalue weighted by atomic mass is 9.83. The zero-order valence-electron chi connectivity index (χ0n) is 14.1. The van der Waals surface area contributed by atoms with Crippen molar-refractivity contribution < 1.29 is 24.2 Å². The molecule has 2 aliphatic heterocycles. The van der Waals surface area contributed by atoms with Gasteiger partial charge in [0.25, 0.3) is 5.91 Å². The monoisotopic (exact) mass is 345 g/mol. The molecule has 0 bridgehead atoms. The van der Waals surface area contributed by atoms with Gasteiger partial charge in [0.2, 0.25) is 0 Å². The summed E-state index contributed by atoms with van der Waals surface area (Å²) in [5.41, 5.74) is 1.05. The highest BCUT2D eigenvalue weighted by Crippen LogP contribution is 2.49. The van der Waals surface area contributed by atoms with Gasteiger partial charge in [-0.05, 0) is 30.0 Å². The second-order valence-electron chi connectivity index (χ2n) is 6.85. The maximum Gasteiger partial charge on any atom is 0.411 e. The average Bonchev–Trinajstić information content (AvgIpc) is 2.81. The quantitative estimate of drug-likeness (QED) is 0.638. The SMILES string of the molecule is COC(=O)Nc1ccnc(/C=C2/C(=O)N3C2CC(C)(C)[C@@H]3C(=O)O)c1. The molecular formula is C17H19N3O5. The maximum atomic E-state index is 12.4. The average molecular weight is 345 g/mol. The molecule has 2 aliphatic rings. The van der Waals surface area contributed by atoms with Gasteiger partial charge in [0, 0.05) is 17.5 Å². The number of hydrogen-bond acceptors (Lipinski definition) is 5. The van der Waals surface area contributed by atoms with Crippen molar-refractivity contribution in [1.82, 2.24) is 9.88 Å². The second kappa shape index (κ2) is 5.87. The third-order valence-corrected chi connectivity index (χ3v) is 4.66. The Bertz CT molecular complexity index is 786. The number of hydrogen-bond donors (Lipinski definition) is 2. The van der Waals surface area contributed by atoms with E-state index in [1.807, 2.05) is 13.8 Å². The van der Waals surface area contributed by atoms with Crippen LogP contribution in [0.2, 0.25) is 0 Å². The van der Waals surface area contributed by atoms with E-state index in [-0.39, 0.29) is 11.9 Å². The van der Waals surface area contributed by atoms with Gasteiger partial charge in [0.05, 0.1) is 18.8 Å². The Labute approximate surface area is 144 Å². The second-order valence-corrected chi connectivity index (χ2v) is 6.85. The van der Waals surface area contributed by atoms with Crippen LogP contribution in [0, 0.1) is 5.41 Å². The highest BCUT2D eigenvalue weighted by atomic mass is 16.5. The number of pyridine rings is 1. The van der Waals surface area contributed by atoms with Gasteiger partial charge in [-0.15, -0.1) is 0 Å². The summed E-state index contributed by atoms with van der Waals surface area (Å²) in [4.78, 5) is 40.8. The molecule has 2 saturated heterocycles. The number of ether oxygens (including phenoxy) is 1. The molecule has 1 aromatic heterocycles. The Morgan fingerprint density at radius 2 is 2.20 bits per heavy atom. The molecule has 8 heteroatoms. The van der Waals surface area contributed by atoms with Crippen molar-refractivity contribution in [1.29, 1.82) is 0 Å². The number of rotatable bonds is 3. The van der Waals surface area contributed by atoms with Gasteiger partial charge in [-0.1, -0.05) is 13.8 Å². The summed E-state index contributed by atoms with van der Waals surface area (Å²) in [5.74, 6) is -1.27. The third-order valence-electron chi connectivity index (χ3n) is 4.66. The summed E-state index contributed by atoms with van der Waals surface area (Å²) in [6.45, 7) is 3.71. The largest absolute Gasteiger partial charge is 0.480 e. The molecule has 2 N–H and O–H groups in total. The highest BCUT2D eigenvalue weighted by molar-refractivity contribution is 6.08. The van der Waals surface area contributed by atoms with Crippen LogP contribution in [0.1, 0.15) is 26.0 Å². The minimum absolute atomic E-state index is 0.220. The van der Waals surface area contributed by atoms with Crippen LogP contribution in [0.4, 0.5) is 10.5 Å². The number of carbonyl (C=O) groups excluding carboxylic acids is 2. The Balaban J connectivity index is 1.85. The molecular weight excluding hydrogens is 326 g/mol. The zero-order chi connectivity index (χ0) is 18.4. The molecule has 1 unspecified atom stereocenters. The predicted octanol–water partition coefficient (Wildman–Crippen LogP) is 1.74. The summed E-state index contributed by atoms with van der Waals surface area (Å²) >= 11 is 0. The molecule has 8 nitrogen and oxygen atoms in total. The molecule has 132 valence electrons. The van der Waals surface area contributed by atoms with Crippen LogP contribution in [0.25, 0.3) is 6.08 Å². The fraction of sp³-hybridized carbons (Fsp3) is 0.412. The first-order valence-electron chi connectivity index (χ1n) is 7.82. The van der Waals surface area contributed by atoms with E-state index in [4.69, 9.17) is 0 Å². The van der Waals surface area contributed by atoms with Crippen LogP contribution in [-0.2, 0) is 14.3 Å². The van der Waals surface area contributed by atoms with Gasteiger partial charge in [-0.25, -0.2) is 9.59 Å². The van der Waals surface area contributed by atoms with E-state index in [1.165, 1.54) is 18.2 Å². The molecule has 0 saturated carbocycles. The molecule has 0 spiro atoms. The van der Waals surface area contributed by atoms with E-state index in [0.29, 0.717) is 23.4 Å². The number of carboxylic acid groups (broad SMARTS) is 1. The van der Waals surface area contributed by atoms with Crippen LogP contribution in [0.5, 0.6) is 0 Å². The molecule has 25 heavy (non-hydrogen) atoms. The number of aromatic nitrogens is 1. The minimum Gasteiger partial charge on any atom is -0.480 e. The van der Waals surface area contributed by atoms with Crippen molar-refractivity contribution >= 4 is 29.7 Å². The maximum absolute atomic E-state index is 12.4. The molecule has 2 fully saturated rings. The van der Waals surface area contributed by atoms with Crippen molar-refractivity contribution in [2.75, 3.05) is 12.4 Å². The standard InChI is InChI=1S/C17H19N3O5/c1-17(2)8-12-11(14(21)20(12)13(17)15(22)23)7-10-6-9(4-5-18-10)19-16(24)25-3/h4-7,12-13H,8H2,1-3H3,(H,22,23)(H,18,19,24)/b11-7+/t12?,13-/m0/s1. The lowest BCUT2D eigenvalue weighted by molar-refractivity contribution is -0.154. The van der Waals surface area contributed by atoms with Crippen LogP contribution < -0.4 is 5.32 Å². The topological polar surface area (TPSA) is 109 Å². The Morgan fingerprint density at radius 3 is 2.84 bits per heavy atom.